The summed E-state index contributed by atoms with van der Waals surface area (Å²) in [7, 11) is -1.31. The van der Waals surface area contributed by atoms with Crippen LogP contribution in [0.3, 0.4) is 0 Å². The van der Waals surface area contributed by atoms with Crippen molar-refractivity contribution in [3.63, 3.8) is 0 Å². The number of halogens is 3. The van der Waals surface area contributed by atoms with E-state index in [0.29, 0.717) is 11.4 Å². The topological polar surface area (TPSA) is 80.3 Å². The van der Waals surface area contributed by atoms with Crippen LogP contribution in [0.25, 0.3) is 0 Å². The zero-order valence-corrected chi connectivity index (χ0v) is 18.4. The molecule has 2 aromatic rings. The summed E-state index contributed by atoms with van der Waals surface area (Å²) in [6.07, 6.45) is -3.91. The fraction of sp³-hybridized carbons (Fsp3) is 0.368. The Kier molecular flexibility index (Phi) is 6.40. The van der Waals surface area contributed by atoms with Gasteiger partial charge in [-0.25, -0.2) is 8.42 Å². The van der Waals surface area contributed by atoms with E-state index in [4.69, 9.17) is 4.74 Å². The van der Waals surface area contributed by atoms with Gasteiger partial charge in [-0.1, -0.05) is 6.07 Å². The number of alkyl halides is 2. The highest BCUT2D eigenvalue weighted by Crippen LogP contribution is 2.46. The van der Waals surface area contributed by atoms with E-state index in [-0.39, 0.29) is 18.2 Å². The summed E-state index contributed by atoms with van der Waals surface area (Å²) >= 11 is 0. The molecule has 2 aliphatic rings. The number of nitrogens with one attached hydrogen (secondary N) is 1. The molecule has 8 nitrogen and oxygen atoms in total. The monoisotopic (exact) mass is 477 g/mol. The second-order valence-corrected chi connectivity index (χ2v) is 8.75. The summed E-state index contributed by atoms with van der Waals surface area (Å²) in [5.74, 6) is -0.223. The number of anilines is 2. The van der Waals surface area contributed by atoms with E-state index in [9.17, 15) is 17.2 Å². The van der Waals surface area contributed by atoms with Crippen molar-refractivity contribution >= 4 is 33.8 Å². The lowest BCUT2D eigenvalue weighted by molar-refractivity contribution is -0.287. The van der Waals surface area contributed by atoms with Crippen LogP contribution in [-0.4, -0.2) is 55.0 Å². The maximum absolute atomic E-state index is 13.5. The minimum atomic E-state index is -4.21. The number of benzene rings is 2. The van der Waals surface area contributed by atoms with Gasteiger partial charge < -0.3 is 24.4 Å². The largest absolute Gasteiger partial charge is 0.586 e. The molecule has 0 spiro atoms. The summed E-state index contributed by atoms with van der Waals surface area (Å²) in [5.41, 5.74) is 1.11. The van der Waals surface area contributed by atoms with E-state index in [1.807, 2.05) is 0 Å². The molecule has 1 N–H and O–H groups in total. The molecule has 170 valence electrons. The highest BCUT2D eigenvalue weighted by atomic mass is 35.5. The van der Waals surface area contributed by atoms with Crippen molar-refractivity contribution < 1.29 is 31.4 Å². The Bertz CT molecular complexity index is 1060. The average Bonchev–Trinajstić information content (AvgIpc) is 3.06. The zero-order chi connectivity index (χ0) is 21.5. The molecule has 0 bridgehead atoms. The Labute approximate surface area is 185 Å². The first-order chi connectivity index (χ1) is 14.2. The van der Waals surface area contributed by atoms with Crippen LogP contribution < -0.4 is 28.7 Å². The zero-order valence-electron chi connectivity index (χ0n) is 16.8. The van der Waals surface area contributed by atoms with Crippen molar-refractivity contribution in [2.45, 2.75) is 11.2 Å². The van der Waals surface area contributed by atoms with E-state index < -0.39 is 27.0 Å². The van der Waals surface area contributed by atoms with E-state index in [1.54, 1.807) is 25.3 Å². The summed E-state index contributed by atoms with van der Waals surface area (Å²) in [6.45, 7) is 3.07. The minimum Gasteiger partial charge on any atom is -0.495 e. The Morgan fingerprint density at radius 1 is 1.16 bits per heavy atom. The quantitative estimate of drug-likeness (QED) is 0.709. The minimum absolute atomic E-state index is 0. The molecule has 0 unspecified atom stereocenters. The van der Waals surface area contributed by atoms with Crippen LogP contribution in [0.5, 0.6) is 17.2 Å². The molecule has 1 saturated heterocycles. The third-order valence-electron chi connectivity index (χ3n) is 5.01. The lowest BCUT2D eigenvalue weighted by Gasteiger charge is -2.31. The van der Waals surface area contributed by atoms with Crippen molar-refractivity contribution in [3.05, 3.63) is 36.4 Å². The number of ether oxygens (including phenoxy) is 3. The third kappa shape index (κ3) is 4.30. The fourth-order valence-electron chi connectivity index (χ4n) is 3.46. The third-order valence-corrected chi connectivity index (χ3v) is 6.82. The lowest BCUT2D eigenvalue weighted by Crippen LogP contribution is -2.43. The van der Waals surface area contributed by atoms with Gasteiger partial charge in [-0.2, -0.15) is 0 Å². The smallest absolute Gasteiger partial charge is 0.495 e. The van der Waals surface area contributed by atoms with Crippen molar-refractivity contribution in [1.82, 2.24) is 5.32 Å². The predicted molar refractivity (Wildman–Crippen MR) is 114 cm³/mol. The maximum Gasteiger partial charge on any atom is 0.586 e. The molecule has 0 aromatic heterocycles. The molecule has 2 aliphatic heterocycles. The molecule has 0 radical (unpaired) electrons. The number of para-hydroxylation sites is 1. The number of sulfonamides is 1. The van der Waals surface area contributed by atoms with Crippen LogP contribution in [0, 0.1) is 0 Å². The summed E-state index contributed by atoms with van der Waals surface area (Å²) in [5, 5.41) is 3.26. The molecule has 0 aliphatic carbocycles. The summed E-state index contributed by atoms with van der Waals surface area (Å²) in [6, 6.07) is 8.74. The van der Waals surface area contributed by atoms with Gasteiger partial charge in [0.15, 0.2) is 11.5 Å². The van der Waals surface area contributed by atoms with E-state index in [1.165, 1.54) is 25.2 Å². The van der Waals surface area contributed by atoms with Gasteiger partial charge in [0.25, 0.3) is 10.0 Å². The summed E-state index contributed by atoms with van der Waals surface area (Å²) < 4.78 is 68.8. The molecule has 4 rings (SSSR count). The number of hydrogen-bond donors (Lipinski definition) is 1. The van der Waals surface area contributed by atoms with Gasteiger partial charge in [0.2, 0.25) is 0 Å². The number of methoxy groups -OCH3 is 1. The van der Waals surface area contributed by atoms with Crippen molar-refractivity contribution in [2.24, 2.45) is 0 Å². The molecule has 2 aromatic carbocycles. The van der Waals surface area contributed by atoms with E-state index in [2.05, 4.69) is 19.7 Å². The summed E-state index contributed by atoms with van der Waals surface area (Å²) in [4.78, 5) is 1.69. The Balaban J connectivity index is 0.00000272. The van der Waals surface area contributed by atoms with Crippen molar-refractivity contribution in [3.8, 4) is 17.2 Å². The van der Waals surface area contributed by atoms with Gasteiger partial charge in [0.05, 0.1) is 18.5 Å². The second kappa shape index (κ2) is 8.56. The van der Waals surface area contributed by atoms with Crippen LogP contribution >= 0.6 is 12.4 Å². The van der Waals surface area contributed by atoms with Crippen LogP contribution in [0.2, 0.25) is 0 Å². The van der Waals surface area contributed by atoms with Crippen LogP contribution in [0.15, 0.2) is 41.3 Å². The lowest BCUT2D eigenvalue weighted by atomic mass is 10.2. The van der Waals surface area contributed by atoms with E-state index in [0.717, 1.165) is 36.2 Å². The highest BCUT2D eigenvalue weighted by Gasteiger charge is 2.46. The Morgan fingerprint density at radius 3 is 2.55 bits per heavy atom. The van der Waals surface area contributed by atoms with Gasteiger partial charge >= 0.3 is 6.29 Å². The van der Waals surface area contributed by atoms with Gasteiger partial charge in [-0.15, -0.1) is 21.2 Å². The van der Waals surface area contributed by atoms with Crippen molar-refractivity contribution in [2.75, 3.05) is 49.5 Å². The molecule has 2 heterocycles. The van der Waals surface area contributed by atoms with Gasteiger partial charge in [-0.05, 0) is 30.3 Å². The van der Waals surface area contributed by atoms with Gasteiger partial charge in [-0.3, -0.25) is 4.31 Å². The Hall–Kier alpha value is -2.50. The molecule has 1 fully saturated rings. The van der Waals surface area contributed by atoms with Crippen LogP contribution in [0.1, 0.15) is 0 Å². The molecular weight excluding hydrogens is 456 g/mol. The number of nitrogens with zero attached hydrogens (tertiary/aromatic N) is 2. The maximum atomic E-state index is 13.5. The first-order valence-electron chi connectivity index (χ1n) is 9.24. The first kappa shape index (κ1) is 23.2. The van der Waals surface area contributed by atoms with Gasteiger partial charge in [0, 0.05) is 33.2 Å². The predicted octanol–water partition coefficient (Wildman–Crippen LogP) is 2.67. The first-order valence-corrected chi connectivity index (χ1v) is 10.7. The molecule has 0 saturated carbocycles. The normalized spacial score (nSPS) is 17.1. The molecular formula is C19H22ClF2N3O5S. The molecule has 31 heavy (non-hydrogen) atoms. The number of rotatable bonds is 5. The molecule has 0 amide bonds. The Morgan fingerprint density at radius 2 is 1.87 bits per heavy atom. The number of piperazine rings is 1. The standard InChI is InChI=1S/C19H21F2N3O5S.ClH/c1-23(13-6-7-15(27-2)14(12-13)24-10-8-22-9-11-24)30(25,26)17-5-3-4-16-18(17)29-19(20,21)28-16;/h3-7,12,22H,8-11H2,1-2H3;1H. The average molecular weight is 478 g/mol. The fourth-order valence-corrected chi connectivity index (χ4v) is 4.77. The molecule has 12 heteroatoms. The molecule has 0 atom stereocenters. The SMILES string of the molecule is COc1ccc(N(C)S(=O)(=O)c2cccc3c2OC(F)(F)O3)cc1N1CCNCC1.Cl. The van der Waals surface area contributed by atoms with E-state index >= 15 is 0 Å². The highest BCUT2D eigenvalue weighted by molar-refractivity contribution is 7.93. The second-order valence-electron chi connectivity index (χ2n) is 6.82. The van der Waals surface area contributed by atoms with Crippen LogP contribution in [-0.2, 0) is 10.0 Å². The van der Waals surface area contributed by atoms with Crippen molar-refractivity contribution in [1.29, 1.82) is 0 Å². The van der Waals surface area contributed by atoms with Gasteiger partial charge in [0.1, 0.15) is 10.6 Å². The number of hydrogen-bond acceptors (Lipinski definition) is 7. The van der Waals surface area contributed by atoms with Crippen LogP contribution in [0.4, 0.5) is 20.2 Å². The number of fused-ring (bicyclic) bond motifs is 1.